The number of para-hydroxylation sites is 1. The number of methoxy groups -OCH3 is 1. The molecule has 0 amide bonds. The summed E-state index contributed by atoms with van der Waals surface area (Å²) in [4.78, 5) is 16.6. The van der Waals surface area contributed by atoms with Crippen LogP contribution in [0.15, 0.2) is 46.9 Å². The molecule has 1 heterocycles. The smallest absolute Gasteiger partial charge is 0.339 e. The molecule has 22 heavy (non-hydrogen) atoms. The van der Waals surface area contributed by atoms with Gasteiger partial charge < -0.3 is 9.47 Å². The molecular weight excluding hydrogens is 366 g/mol. The Labute approximate surface area is 139 Å². The molecule has 0 spiro atoms. The molecule has 0 unspecified atom stereocenters. The largest absolute Gasteiger partial charge is 0.497 e. The lowest BCUT2D eigenvalue weighted by atomic mass is 10.2. The Morgan fingerprint density at radius 2 is 2.09 bits per heavy atom. The van der Waals surface area contributed by atoms with Gasteiger partial charge in [-0.2, -0.15) is 0 Å². The summed E-state index contributed by atoms with van der Waals surface area (Å²) in [6.45, 7) is 0.155. The number of fused-ring (bicyclic) bond motifs is 1. The molecule has 112 valence electrons. The third-order valence-corrected chi connectivity index (χ3v) is 4.76. The van der Waals surface area contributed by atoms with Crippen molar-refractivity contribution in [2.75, 3.05) is 7.11 Å². The molecule has 3 rings (SSSR count). The number of hydrogen-bond acceptors (Lipinski definition) is 5. The molecule has 0 aliphatic carbocycles. The van der Waals surface area contributed by atoms with E-state index in [4.69, 9.17) is 9.47 Å². The van der Waals surface area contributed by atoms with Gasteiger partial charge in [0.2, 0.25) is 0 Å². The Morgan fingerprint density at radius 3 is 2.86 bits per heavy atom. The number of aromatic nitrogens is 1. The quantitative estimate of drug-likeness (QED) is 0.631. The Hall–Kier alpha value is -1.92. The highest BCUT2D eigenvalue weighted by Gasteiger charge is 2.14. The molecule has 1 aromatic heterocycles. The van der Waals surface area contributed by atoms with E-state index in [2.05, 4.69) is 20.9 Å². The van der Waals surface area contributed by atoms with Gasteiger partial charge in [0.15, 0.2) is 0 Å². The lowest BCUT2D eigenvalue weighted by molar-refractivity contribution is 0.0471. The van der Waals surface area contributed by atoms with Crippen LogP contribution in [0.4, 0.5) is 0 Å². The van der Waals surface area contributed by atoms with Gasteiger partial charge in [0.1, 0.15) is 17.4 Å². The summed E-state index contributed by atoms with van der Waals surface area (Å²) in [6.07, 6.45) is 0. The van der Waals surface area contributed by atoms with E-state index in [-0.39, 0.29) is 6.61 Å². The summed E-state index contributed by atoms with van der Waals surface area (Å²) in [5.74, 6) is 0.195. The van der Waals surface area contributed by atoms with Crippen molar-refractivity contribution in [2.24, 2.45) is 0 Å². The van der Waals surface area contributed by atoms with Crippen molar-refractivity contribution < 1.29 is 14.3 Å². The SMILES string of the molecule is COc1ccc(Br)c(C(=O)OCc2nc3ccccc3s2)c1. The van der Waals surface area contributed by atoms with E-state index in [1.807, 2.05) is 24.3 Å². The van der Waals surface area contributed by atoms with Crippen molar-refractivity contribution in [3.63, 3.8) is 0 Å². The fourth-order valence-electron chi connectivity index (χ4n) is 1.97. The van der Waals surface area contributed by atoms with E-state index >= 15 is 0 Å². The second-order valence-corrected chi connectivity index (χ2v) is 6.47. The van der Waals surface area contributed by atoms with Crippen molar-refractivity contribution in [2.45, 2.75) is 6.61 Å². The van der Waals surface area contributed by atoms with Crippen LogP contribution in [0.25, 0.3) is 10.2 Å². The summed E-state index contributed by atoms with van der Waals surface area (Å²) < 4.78 is 12.2. The van der Waals surface area contributed by atoms with E-state index in [1.54, 1.807) is 25.3 Å². The second kappa shape index (κ2) is 6.46. The van der Waals surface area contributed by atoms with Crippen LogP contribution in [0.1, 0.15) is 15.4 Å². The van der Waals surface area contributed by atoms with Gasteiger partial charge in [0.05, 0.1) is 22.9 Å². The first-order chi connectivity index (χ1) is 10.7. The van der Waals surface area contributed by atoms with Crippen molar-refractivity contribution in [3.05, 3.63) is 57.5 Å². The highest BCUT2D eigenvalue weighted by Crippen LogP contribution is 2.25. The number of thiazole rings is 1. The maximum Gasteiger partial charge on any atom is 0.339 e. The third-order valence-electron chi connectivity index (χ3n) is 3.06. The number of nitrogens with zero attached hydrogens (tertiary/aromatic N) is 1. The zero-order valence-corrected chi connectivity index (χ0v) is 14.1. The minimum absolute atomic E-state index is 0.155. The first-order valence-electron chi connectivity index (χ1n) is 6.52. The summed E-state index contributed by atoms with van der Waals surface area (Å²) >= 11 is 4.87. The zero-order valence-electron chi connectivity index (χ0n) is 11.7. The zero-order chi connectivity index (χ0) is 15.5. The Balaban J connectivity index is 1.74. The van der Waals surface area contributed by atoms with E-state index in [0.29, 0.717) is 15.8 Å². The van der Waals surface area contributed by atoms with E-state index in [1.165, 1.54) is 11.3 Å². The third kappa shape index (κ3) is 3.13. The molecule has 0 aliphatic rings. The number of rotatable bonds is 4. The molecule has 0 bridgehead atoms. The molecule has 2 aromatic carbocycles. The number of benzene rings is 2. The number of esters is 1. The van der Waals surface area contributed by atoms with Gasteiger partial charge in [0.25, 0.3) is 0 Å². The average Bonchev–Trinajstić information content (AvgIpc) is 2.96. The molecule has 0 N–H and O–H groups in total. The van der Waals surface area contributed by atoms with Crippen molar-refractivity contribution in [1.82, 2.24) is 4.98 Å². The fourth-order valence-corrected chi connectivity index (χ4v) is 3.26. The van der Waals surface area contributed by atoms with E-state index < -0.39 is 5.97 Å². The monoisotopic (exact) mass is 377 g/mol. The van der Waals surface area contributed by atoms with Crippen LogP contribution in [0.5, 0.6) is 5.75 Å². The molecule has 4 nitrogen and oxygen atoms in total. The Bertz CT molecular complexity index is 798. The highest BCUT2D eigenvalue weighted by molar-refractivity contribution is 9.10. The van der Waals surface area contributed by atoms with Crippen LogP contribution >= 0.6 is 27.3 Å². The predicted octanol–water partition coefficient (Wildman–Crippen LogP) is 4.42. The summed E-state index contributed by atoms with van der Waals surface area (Å²) in [5.41, 5.74) is 1.35. The van der Waals surface area contributed by atoms with Crippen LogP contribution in [-0.4, -0.2) is 18.1 Å². The average molecular weight is 378 g/mol. The molecule has 0 radical (unpaired) electrons. The fraction of sp³-hybridized carbons (Fsp3) is 0.125. The number of halogens is 1. The van der Waals surface area contributed by atoms with Gasteiger partial charge in [-0.15, -0.1) is 11.3 Å². The Morgan fingerprint density at radius 1 is 1.27 bits per heavy atom. The Kier molecular flexibility index (Phi) is 4.40. The molecule has 0 aliphatic heterocycles. The molecule has 0 saturated heterocycles. The summed E-state index contributed by atoms with van der Waals surface area (Å²) in [6, 6.07) is 13.0. The molecule has 3 aromatic rings. The number of carbonyl (C=O) groups excluding carboxylic acids is 1. The van der Waals surface area contributed by atoms with Crippen LogP contribution in [0.2, 0.25) is 0 Å². The predicted molar refractivity (Wildman–Crippen MR) is 89.4 cm³/mol. The van der Waals surface area contributed by atoms with Crippen LogP contribution in [-0.2, 0) is 11.3 Å². The molecule has 0 atom stereocenters. The maximum atomic E-state index is 12.2. The minimum atomic E-state index is -0.412. The standard InChI is InChI=1S/C16H12BrNO3S/c1-20-10-6-7-12(17)11(8-10)16(19)21-9-15-18-13-4-2-3-5-14(13)22-15/h2-8H,9H2,1H3. The van der Waals surface area contributed by atoms with Crippen LogP contribution in [0, 0.1) is 0 Å². The first kappa shape index (κ1) is 15.0. The van der Waals surface area contributed by atoms with E-state index in [0.717, 1.165) is 15.2 Å². The molecular formula is C16H12BrNO3S. The van der Waals surface area contributed by atoms with E-state index in [9.17, 15) is 4.79 Å². The van der Waals surface area contributed by atoms with Gasteiger partial charge in [-0.3, -0.25) is 0 Å². The van der Waals surface area contributed by atoms with Crippen molar-refractivity contribution in [3.8, 4) is 5.75 Å². The number of ether oxygens (including phenoxy) is 2. The van der Waals surface area contributed by atoms with Crippen molar-refractivity contribution >= 4 is 43.5 Å². The highest BCUT2D eigenvalue weighted by atomic mass is 79.9. The van der Waals surface area contributed by atoms with Gasteiger partial charge >= 0.3 is 5.97 Å². The minimum Gasteiger partial charge on any atom is -0.497 e. The maximum absolute atomic E-state index is 12.2. The number of carbonyl (C=O) groups is 1. The summed E-state index contributed by atoms with van der Waals surface area (Å²) in [5, 5.41) is 0.772. The van der Waals surface area contributed by atoms with Gasteiger partial charge in [-0.05, 0) is 46.3 Å². The number of hydrogen-bond donors (Lipinski definition) is 0. The molecule has 6 heteroatoms. The van der Waals surface area contributed by atoms with Crippen molar-refractivity contribution in [1.29, 1.82) is 0 Å². The lowest BCUT2D eigenvalue weighted by Crippen LogP contribution is -2.06. The lowest BCUT2D eigenvalue weighted by Gasteiger charge is -2.07. The normalized spacial score (nSPS) is 10.6. The summed E-state index contributed by atoms with van der Waals surface area (Å²) in [7, 11) is 1.56. The first-order valence-corrected chi connectivity index (χ1v) is 8.13. The van der Waals surface area contributed by atoms with Crippen LogP contribution in [0.3, 0.4) is 0 Å². The van der Waals surface area contributed by atoms with Gasteiger partial charge in [0, 0.05) is 4.47 Å². The second-order valence-electron chi connectivity index (χ2n) is 4.50. The van der Waals surface area contributed by atoms with Gasteiger partial charge in [-0.25, -0.2) is 9.78 Å². The molecule has 0 fully saturated rings. The van der Waals surface area contributed by atoms with Gasteiger partial charge in [-0.1, -0.05) is 12.1 Å². The molecule has 0 saturated carbocycles. The van der Waals surface area contributed by atoms with Crippen LogP contribution < -0.4 is 4.74 Å². The topological polar surface area (TPSA) is 48.4 Å².